The molecule has 1 aliphatic rings. The van der Waals surface area contributed by atoms with Gasteiger partial charge in [0.2, 0.25) is 0 Å². The maximum atomic E-state index is 12.8. The number of anilines is 2. The van der Waals surface area contributed by atoms with Crippen molar-refractivity contribution in [3.8, 4) is 0 Å². The predicted molar refractivity (Wildman–Crippen MR) is 96.5 cm³/mol. The van der Waals surface area contributed by atoms with Crippen LogP contribution in [0.25, 0.3) is 0 Å². The summed E-state index contributed by atoms with van der Waals surface area (Å²) in [6.07, 6.45) is 8.73. The van der Waals surface area contributed by atoms with Gasteiger partial charge in [0.05, 0.1) is 12.4 Å². The van der Waals surface area contributed by atoms with E-state index in [0.717, 1.165) is 43.9 Å². The standard InChI is InChI=1S/C19H24N4O/c1-2-3-6-11-20-18-14-21-16(13-22-18)19(24)23-12-7-9-15-8-4-5-10-17(15)23/h4-5,8,10,13-14H,2-3,6-7,9,11-12H2,1H3,(H,20,22). The van der Waals surface area contributed by atoms with Crippen molar-refractivity contribution >= 4 is 17.4 Å². The molecule has 3 rings (SSSR count). The van der Waals surface area contributed by atoms with Crippen molar-refractivity contribution in [1.29, 1.82) is 0 Å². The molecule has 0 atom stereocenters. The summed E-state index contributed by atoms with van der Waals surface area (Å²) in [5.74, 6) is 0.647. The number of rotatable bonds is 6. The number of fused-ring (bicyclic) bond motifs is 1. The zero-order valence-corrected chi connectivity index (χ0v) is 14.2. The Labute approximate surface area is 143 Å². The highest BCUT2D eigenvalue weighted by atomic mass is 16.2. The molecule has 0 fully saturated rings. The van der Waals surface area contributed by atoms with Crippen LogP contribution in [-0.2, 0) is 6.42 Å². The Morgan fingerprint density at radius 3 is 2.88 bits per heavy atom. The molecule has 0 spiro atoms. The topological polar surface area (TPSA) is 58.1 Å². The lowest BCUT2D eigenvalue weighted by Crippen LogP contribution is -2.36. The third kappa shape index (κ3) is 3.72. The van der Waals surface area contributed by atoms with Gasteiger partial charge < -0.3 is 10.2 Å². The van der Waals surface area contributed by atoms with E-state index in [4.69, 9.17) is 0 Å². The molecule has 1 aliphatic heterocycles. The molecule has 24 heavy (non-hydrogen) atoms. The van der Waals surface area contributed by atoms with Gasteiger partial charge in [-0.2, -0.15) is 0 Å². The van der Waals surface area contributed by atoms with Gasteiger partial charge >= 0.3 is 0 Å². The van der Waals surface area contributed by atoms with Crippen LogP contribution in [0.1, 0.15) is 48.7 Å². The molecule has 1 amide bonds. The molecule has 0 radical (unpaired) electrons. The monoisotopic (exact) mass is 324 g/mol. The first-order valence-corrected chi connectivity index (χ1v) is 8.75. The second kappa shape index (κ2) is 7.90. The number of unbranched alkanes of at least 4 members (excludes halogenated alkanes) is 2. The Morgan fingerprint density at radius 1 is 1.21 bits per heavy atom. The van der Waals surface area contributed by atoms with Crippen LogP contribution in [0.3, 0.4) is 0 Å². The summed E-state index contributed by atoms with van der Waals surface area (Å²) in [6, 6.07) is 8.08. The second-order valence-corrected chi connectivity index (χ2v) is 6.11. The van der Waals surface area contributed by atoms with Gasteiger partial charge in [0.25, 0.3) is 5.91 Å². The molecule has 0 bridgehead atoms. The highest BCUT2D eigenvalue weighted by Gasteiger charge is 2.24. The van der Waals surface area contributed by atoms with E-state index in [0.29, 0.717) is 5.69 Å². The normalized spacial score (nSPS) is 13.5. The number of para-hydroxylation sites is 1. The van der Waals surface area contributed by atoms with E-state index >= 15 is 0 Å². The van der Waals surface area contributed by atoms with Crippen LogP contribution in [0.4, 0.5) is 11.5 Å². The molecule has 1 N–H and O–H groups in total. The predicted octanol–water partition coefficient (Wildman–Crippen LogP) is 3.67. The van der Waals surface area contributed by atoms with Gasteiger partial charge in [-0.05, 0) is 30.9 Å². The number of benzene rings is 1. The number of hydrogen-bond donors (Lipinski definition) is 1. The zero-order chi connectivity index (χ0) is 16.8. The van der Waals surface area contributed by atoms with Crippen LogP contribution in [0.2, 0.25) is 0 Å². The first-order valence-electron chi connectivity index (χ1n) is 8.75. The number of aryl methyl sites for hydroxylation is 1. The van der Waals surface area contributed by atoms with Crippen LogP contribution in [0.5, 0.6) is 0 Å². The number of carbonyl (C=O) groups excluding carboxylic acids is 1. The Morgan fingerprint density at radius 2 is 2.08 bits per heavy atom. The van der Waals surface area contributed by atoms with E-state index in [2.05, 4.69) is 28.3 Å². The van der Waals surface area contributed by atoms with Crippen molar-refractivity contribution in [2.45, 2.75) is 39.0 Å². The fraction of sp³-hybridized carbons (Fsp3) is 0.421. The number of nitrogens with one attached hydrogen (secondary N) is 1. The molecular formula is C19H24N4O. The van der Waals surface area contributed by atoms with Gasteiger partial charge in [-0.15, -0.1) is 0 Å². The van der Waals surface area contributed by atoms with Gasteiger partial charge in [0.15, 0.2) is 0 Å². The van der Waals surface area contributed by atoms with Crippen LogP contribution in [0.15, 0.2) is 36.7 Å². The van der Waals surface area contributed by atoms with Crippen LogP contribution in [-0.4, -0.2) is 29.0 Å². The van der Waals surface area contributed by atoms with E-state index < -0.39 is 0 Å². The van der Waals surface area contributed by atoms with Crippen molar-refractivity contribution in [1.82, 2.24) is 9.97 Å². The Hall–Kier alpha value is -2.43. The maximum absolute atomic E-state index is 12.8. The minimum Gasteiger partial charge on any atom is -0.369 e. The van der Waals surface area contributed by atoms with E-state index in [1.54, 1.807) is 12.4 Å². The lowest BCUT2D eigenvalue weighted by Gasteiger charge is -2.29. The largest absolute Gasteiger partial charge is 0.369 e. The minimum absolute atomic E-state index is 0.0767. The fourth-order valence-electron chi connectivity index (χ4n) is 3.00. The molecule has 0 saturated carbocycles. The van der Waals surface area contributed by atoms with Crippen LogP contribution >= 0.6 is 0 Å². The molecule has 1 aromatic heterocycles. The van der Waals surface area contributed by atoms with E-state index in [9.17, 15) is 4.79 Å². The van der Waals surface area contributed by atoms with Crippen molar-refractivity contribution in [2.24, 2.45) is 0 Å². The first-order chi connectivity index (χ1) is 11.8. The summed E-state index contributed by atoms with van der Waals surface area (Å²) in [5, 5.41) is 3.24. The third-order valence-electron chi connectivity index (χ3n) is 4.31. The second-order valence-electron chi connectivity index (χ2n) is 6.11. The van der Waals surface area contributed by atoms with Gasteiger partial charge in [0.1, 0.15) is 11.5 Å². The summed E-state index contributed by atoms with van der Waals surface area (Å²) >= 11 is 0. The third-order valence-corrected chi connectivity index (χ3v) is 4.31. The average molecular weight is 324 g/mol. The Bertz CT molecular complexity index is 684. The molecule has 0 unspecified atom stereocenters. The van der Waals surface area contributed by atoms with Crippen LogP contribution in [0, 0.1) is 0 Å². The maximum Gasteiger partial charge on any atom is 0.278 e. The van der Waals surface area contributed by atoms with E-state index in [-0.39, 0.29) is 5.91 Å². The number of amides is 1. The Balaban J connectivity index is 1.68. The molecular weight excluding hydrogens is 300 g/mol. The van der Waals surface area contributed by atoms with Crippen molar-refractivity contribution < 1.29 is 4.79 Å². The lowest BCUT2D eigenvalue weighted by atomic mass is 10.0. The molecule has 0 saturated heterocycles. The van der Waals surface area contributed by atoms with Gasteiger partial charge in [-0.3, -0.25) is 4.79 Å². The Kier molecular flexibility index (Phi) is 5.41. The lowest BCUT2D eigenvalue weighted by molar-refractivity contribution is 0.0980. The van der Waals surface area contributed by atoms with Crippen LogP contribution < -0.4 is 10.2 Å². The molecule has 5 nitrogen and oxygen atoms in total. The minimum atomic E-state index is -0.0767. The smallest absolute Gasteiger partial charge is 0.278 e. The quantitative estimate of drug-likeness (QED) is 0.824. The molecule has 0 aliphatic carbocycles. The van der Waals surface area contributed by atoms with Crippen molar-refractivity contribution in [3.63, 3.8) is 0 Å². The highest BCUT2D eigenvalue weighted by molar-refractivity contribution is 6.05. The van der Waals surface area contributed by atoms with Crippen molar-refractivity contribution in [2.75, 3.05) is 23.3 Å². The molecule has 2 aromatic rings. The number of aromatic nitrogens is 2. The molecule has 5 heteroatoms. The molecule has 2 heterocycles. The highest BCUT2D eigenvalue weighted by Crippen LogP contribution is 2.27. The summed E-state index contributed by atoms with van der Waals surface area (Å²) in [7, 11) is 0. The van der Waals surface area contributed by atoms with Gasteiger partial charge in [-0.25, -0.2) is 9.97 Å². The van der Waals surface area contributed by atoms with Crippen molar-refractivity contribution in [3.05, 3.63) is 47.9 Å². The summed E-state index contributed by atoms with van der Waals surface area (Å²) in [6.45, 7) is 3.79. The average Bonchev–Trinajstić information content (AvgIpc) is 2.65. The number of carbonyl (C=O) groups is 1. The SMILES string of the molecule is CCCCCNc1cnc(C(=O)N2CCCc3ccccc32)cn1. The fourth-order valence-corrected chi connectivity index (χ4v) is 3.00. The van der Waals surface area contributed by atoms with E-state index in [1.807, 2.05) is 23.1 Å². The number of nitrogens with zero attached hydrogens (tertiary/aromatic N) is 3. The molecule has 1 aromatic carbocycles. The van der Waals surface area contributed by atoms with Gasteiger partial charge in [0, 0.05) is 18.8 Å². The zero-order valence-electron chi connectivity index (χ0n) is 14.2. The number of hydrogen-bond acceptors (Lipinski definition) is 4. The first kappa shape index (κ1) is 16.4. The van der Waals surface area contributed by atoms with Gasteiger partial charge in [-0.1, -0.05) is 38.0 Å². The summed E-state index contributed by atoms with van der Waals surface area (Å²) < 4.78 is 0. The summed E-state index contributed by atoms with van der Waals surface area (Å²) in [4.78, 5) is 23.2. The van der Waals surface area contributed by atoms with E-state index in [1.165, 1.54) is 18.4 Å². The molecule has 126 valence electrons. The summed E-state index contributed by atoms with van der Waals surface area (Å²) in [5.41, 5.74) is 2.61.